The summed E-state index contributed by atoms with van der Waals surface area (Å²) in [6, 6.07) is 57.5. The first-order chi connectivity index (χ1) is 51.6. The predicted octanol–water partition coefficient (Wildman–Crippen LogP) is 24.1. The maximum atomic E-state index is 13.9. The summed E-state index contributed by atoms with van der Waals surface area (Å²) in [7, 11) is -3.92. The van der Waals surface area contributed by atoms with E-state index in [0.29, 0.717) is 92.2 Å². The summed E-state index contributed by atoms with van der Waals surface area (Å²) in [5, 5.41) is 27.4. The van der Waals surface area contributed by atoms with Crippen molar-refractivity contribution < 1.29 is 52.3 Å². The maximum absolute atomic E-state index is 13.9. The van der Waals surface area contributed by atoms with Crippen LogP contribution in [0.3, 0.4) is 0 Å². The minimum atomic E-state index is -3.92. The highest BCUT2D eigenvalue weighted by Crippen LogP contribution is 2.41. The fourth-order valence-electron chi connectivity index (χ4n) is 12.8. The fourth-order valence-corrected chi connectivity index (χ4v) is 13.5. The van der Waals surface area contributed by atoms with Crippen molar-refractivity contribution in [1.82, 2.24) is 0 Å². The molecule has 14 nitrogen and oxygen atoms in total. The molecule has 7 aromatic rings. The molecule has 0 aliphatic heterocycles. The second kappa shape index (κ2) is 51.6. The van der Waals surface area contributed by atoms with Crippen molar-refractivity contribution in [2.45, 2.75) is 231 Å². The van der Waals surface area contributed by atoms with Gasteiger partial charge >= 0.3 is 13.6 Å². The number of rotatable bonds is 58. The van der Waals surface area contributed by atoms with Crippen molar-refractivity contribution in [3.63, 3.8) is 0 Å². The van der Waals surface area contributed by atoms with Crippen LogP contribution in [0.25, 0.3) is 33.4 Å². The molecule has 0 fully saturated rings. The molecule has 0 heterocycles. The first-order valence-electron chi connectivity index (χ1n) is 39.6. The number of carbonyl (C=O) groups is 1. The van der Waals surface area contributed by atoms with Crippen LogP contribution in [0.15, 0.2) is 158 Å². The molecule has 0 atom stereocenters. The SMILES string of the molecule is N#Cc1ccc(-c2ccc(OCCCCCCCCCCCOc3cc(C(=O)OCCCCCCCCCCCP(=O)(O)O)cc(OCCCCCCCCCCCOc4ccc(-c5ccc(C#N)cc5)cc4)c3OCCCCCCCCCCCOc3ccc(-c4ccc(C#N)cc4)cc3)cc2)cc1. The molecule has 7 rings (SSSR count). The number of carbonyl (C=O) groups excluding carboxylic acids is 1. The van der Waals surface area contributed by atoms with Gasteiger partial charge in [0, 0.05) is 6.16 Å². The zero-order valence-electron chi connectivity index (χ0n) is 62.5. The largest absolute Gasteiger partial charge is 0.494 e. The van der Waals surface area contributed by atoms with Gasteiger partial charge in [-0.25, -0.2) is 4.79 Å². The van der Waals surface area contributed by atoms with E-state index in [1.807, 2.05) is 109 Å². The van der Waals surface area contributed by atoms with Crippen molar-refractivity contribution in [2.75, 3.05) is 52.4 Å². The zero-order valence-corrected chi connectivity index (χ0v) is 63.4. The van der Waals surface area contributed by atoms with Crippen LogP contribution < -0.4 is 28.4 Å². The standard InChI is InChI=1S/C90H116N3O11P/c91-71-74-37-43-77(44-38-74)80-49-55-84(56-50-80)98-61-29-21-13-5-1-8-16-24-32-64-101-87-69-83(90(94)104-67-35-27-19-11-4-12-20-28-36-68-105(95,96)97)70-88(102-65-33-25-17-9-2-6-14-22-30-62-99-85-57-51-81(52-58-85)78-45-39-75(72-92)40-46-78)89(87)103-66-34-26-18-10-3-7-15-23-31-63-100-86-59-53-82(54-60-86)79-47-41-76(73-93)42-48-79/h37-60,69-70H,1-36,61-68H2,(H2,95,96,97). The van der Waals surface area contributed by atoms with Crippen LogP contribution in [-0.4, -0.2) is 68.2 Å². The molecule has 0 radical (unpaired) electrons. The summed E-state index contributed by atoms with van der Waals surface area (Å²) in [5.41, 5.74) is 8.89. The van der Waals surface area contributed by atoms with Gasteiger partial charge in [-0.1, -0.05) is 253 Å². The van der Waals surface area contributed by atoms with Gasteiger partial charge in [0.2, 0.25) is 5.75 Å². The molecule has 0 saturated carbocycles. The van der Waals surface area contributed by atoms with E-state index in [0.717, 1.165) is 198 Å². The quantitative estimate of drug-likeness (QED) is 0.0206. The Bertz CT molecular complexity index is 3520. The van der Waals surface area contributed by atoms with Crippen LogP contribution in [0.2, 0.25) is 0 Å². The van der Waals surface area contributed by atoms with Crippen LogP contribution in [-0.2, 0) is 9.30 Å². The third-order valence-electron chi connectivity index (χ3n) is 19.1. The summed E-state index contributed by atoms with van der Waals surface area (Å²) >= 11 is 0. The number of hydrogen-bond donors (Lipinski definition) is 2. The topological polar surface area (TPSA) is 211 Å². The van der Waals surface area contributed by atoms with Gasteiger partial charge in [0.15, 0.2) is 11.5 Å². The van der Waals surface area contributed by atoms with Crippen molar-refractivity contribution >= 4 is 13.6 Å². The molecule has 0 amide bonds. The Hall–Kier alpha value is -8.57. The highest BCUT2D eigenvalue weighted by Gasteiger charge is 2.21. The number of unbranched alkanes of at least 4 members (excludes halogenated alkanes) is 32. The summed E-state index contributed by atoms with van der Waals surface area (Å²) in [6.07, 6.45) is 38.2. The molecule has 105 heavy (non-hydrogen) atoms. The average Bonchev–Trinajstić information content (AvgIpc) is 0.836. The highest BCUT2D eigenvalue weighted by molar-refractivity contribution is 7.51. The van der Waals surface area contributed by atoms with Crippen molar-refractivity contribution in [1.29, 1.82) is 15.8 Å². The zero-order chi connectivity index (χ0) is 73.9. The molecule has 0 aliphatic carbocycles. The van der Waals surface area contributed by atoms with Gasteiger partial charge in [-0.3, -0.25) is 4.57 Å². The first kappa shape index (κ1) is 83.7. The van der Waals surface area contributed by atoms with Gasteiger partial charge in [-0.2, -0.15) is 15.8 Å². The Labute approximate surface area is 627 Å². The lowest BCUT2D eigenvalue weighted by atomic mass is 10.0. The van der Waals surface area contributed by atoms with Gasteiger partial charge in [0.25, 0.3) is 0 Å². The predicted molar refractivity (Wildman–Crippen MR) is 423 cm³/mol. The lowest BCUT2D eigenvalue weighted by Gasteiger charge is -2.19. The summed E-state index contributed by atoms with van der Waals surface area (Å²) in [6.45, 7) is 3.92. The van der Waals surface area contributed by atoms with Gasteiger partial charge in [0.05, 0.1) is 86.7 Å². The monoisotopic (exact) mass is 1450 g/mol. The normalized spacial score (nSPS) is 11.2. The lowest BCUT2D eigenvalue weighted by Crippen LogP contribution is -2.11. The van der Waals surface area contributed by atoms with Crippen LogP contribution >= 0.6 is 7.60 Å². The first-order valence-corrected chi connectivity index (χ1v) is 41.4. The molecule has 15 heteroatoms. The fraction of sp³-hybridized carbons (Fsp3) is 0.489. The minimum absolute atomic E-state index is 0.0378. The van der Waals surface area contributed by atoms with Crippen LogP contribution in [0.5, 0.6) is 34.5 Å². The Kier molecular flexibility index (Phi) is 41.1. The van der Waals surface area contributed by atoms with Crippen LogP contribution in [0.4, 0.5) is 0 Å². The van der Waals surface area contributed by atoms with E-state index in [4.69, 9.17) is 58.7 Å². The molecular formula is C90H116N3O11P. The summed E-state index contributed by atoms with van der Waals surface area (Å²) in [4.78, 5) is 32.2. The molecular weight excluding hydrogens is 1330 g/mol. The smallest absolute Gasteiger partial charge is 0.338 e. The van der Waals surface area contributed by atoms with E-state index >= 15 is 0 Å². The van der Waals surface area contributed by atoms with Crippen LogP contribution in [0.1, 0.15) is 258 Å². The van der Waals surface area contributed by atoms with E-state index in [-0.39, 0.29) is 6.16 Å². The van der Waals surface area contributed by atoms with Crippen molar-refractivity contribution in [3.05, 3.63) is 180 Å². The lowest BCUT2D eigenvalue weighted by molar-refractivity contribution is 0.0496. The average molecular weight is 1450 g/mol. The number of nitriles is 3. The van der Waals surface area contributed by atoms with Gasteiger partial charge in [-0.05, 0) is 170 Å². The molecule has 0 saturated heterocycles. The third kappa shape index (κ3) is 35.4. The molecule has 562 valence electrons. The highest BCUT2D eigenvalue weighted by atomic mass is 31.2. The molecule has 0 bridgehead atoms. The summed E-state index contributed by atoms with van der Waals surface area (Å²) < 4.78 is 55.1. The van der Waals surface area contributed by atoms with Crippen LogP contribution in [0, 0.1) is 34.0 Å². The van der Waals surface area contributed by atoms with E-state index in [2.05, 4.69) is 54.6 Å². The number of esters is 1. The molecule has 0 spiro atoms. The van der Waals surface area contributed by atoms with Gasteiger partial charge < -0.3 is 42.9 Å². The summed E-state index contributed by atoms with van der Waals surface area (Å²) in [5.74, 6) is 3.83. The van der Waals surface area contributed by atoms with E-state index in [9.17, 15) is 9.36 Å². The van der Waals surface area contributed by atoms with E-state index in [1.165, 1.54) is 77.0 Å². The minimum Gasteiger partial charge on any atom is -0.494 e. The molecule has 0 aromatic heterocycles. The molecule has 0 aliphatic rings. The number of hydrogen-bond acceptors (Lipinski definition) is 12. The Morgan fingerprint density at radius 3 is 0.762 bits per heavy atom. The molecule has 0 unspecified atom stereocenters. The van der Waals surface area contributed by atoms with Crippen molar-refractivity contribution in [2.24, 2.45) is 0 Å². The van der Waals surface area contributed by atoms with E-state index < -0.39 is 13.6 Å². The molecule has 2 N–H and O–H groups in total. The number of nitrogens with zero attached hydrogens (tertiary/aromatic N) is 3. The second-order valence-corrected chi connectivity index (χ2v) is 29.6. The van der Waals surface area contributed by atoms with Crippen molar-refractivity contribution in [3.8, 4) is 86.1 Å². The molecule has 7 aromatic carbocycles. The Morgan fingerprint density at radius 2 is 0.505 bits per heavy atom. The van der Waals surface area contributed by atoms with Gasteiger partial charge in [-0.15, -0.1) is 0 Å². The Morgan fingerprint density at radius 1 is 0.286 bits per heavy atom. The number of ether oxygens (including phenoxy) is 7. The maximum Gasteiger partial charge on any atom is 0.338 e. The van der Waals surface area contributed by atoms with Gasteiger partial charge in [0.1, 0.15) is 17.2 Å². The van der Waals surface area contributed by atoms with E-state index in [1.54, 1.807) is 12.1 Å². The third-order valence-corrected chi connectivity index (χ3v) is 20.0. The number of benzene rings is 7. The Balaban J connectivity index is 0.834. The second-order valence-electron chi connectivity index (χ2n) is 27.8.